The lowest BCUT2D eigenvalue weighted by Gasteiger charge is -2.38. The van der Waals surface area contributed by atoms with Gasteiger partial charge in [0.1, 0.15) is 12.2 Å². The largest absolute Gasteiger partial charge is 0.493 e. The molecule has 2 N–H and O–H groups in total. The quantitative estimate of drug-likeness (QED) is 0.166. The minimum atomic E-state index is -4.26. The molecule has 0 fully saturated rings. The zero-order chi connectivity index (χ0) is 31.2. The van der Waals surface area contributed by atoms with Crippen LogP contribution in [0.15, 0.2) is 83.0 Å². The molecule has 0 spiro atoms. The predicted molar refractivity (Wildman–Crippen MR) is 167 cm³/mol. The number of hydrazine groups is 1. The van der Waals surface area contributed by atoms with Gasteiger partial charge in [0.05, 0.1) is 24.6 Å². The molecule has 12 heteroatoms. The number of carbonyl (C=O) groups is 1. The Morgan fingerprint density at radius 1 is 1.07 bits per heavy atom. The Kier molecular flexibility index (Phi) is 9.72. The van der Waals surface area contributed by atoms with Crippen LogP contribution in [-0.4, -0.2) is 56.3 Å². The van der Waals surface area contributed by atoms with Gasteiger partial charge in [0, 0.05) is 13.3 Å². The van der Waals surface area contributed by atoms with Gasteiger partial charge in [0.25, 0.3) is 5.17 Å². The Bertz CT molecular complexity index is 1570. The van der Waals surface area contributed by atoms with Crippen molar-refractivity contribution in [2.24, 2.45) is 16.0 Å². The molecule has 0 saturated carbocycles. The summed E-state index contributed by atoms with van der Waals surface area (Å²) in [4.78, 5) is 14.8. The Morgan fingerprint density at radius 2 is 1.72 bits per heavy atom. The van der Waals surface area contributed by atoms with E-state index >= 15 is 0 Å². The lowest BCUT2D eigenvalue weighted by atomic mass is 9.93. The van der Waals surface area contributed by atoms with Crippen molar-refractivity contribution in [2.75, 3.05) is 24.4 Å². The number of amidine groups is 1. The number of para-hydroxylation sites is 1. The molecule has 1 unspecified atom stereocenters. The summed E-state index contributed by atoms with van der Waals surface area (Å²) in [5, 5.41) is 7.68. The van der Waals surface area contributed by atoms with Crippen LogP contribution in [0.5, 0.6) is 11.5 Å². The minimum Gasteiger partial charge on any atom is -0.493 e. The normalized spacial score (nSPS) is 15.3. The molecule has 1 aliphatic heterocycles. The molecule has 228 valence electrons. The van der Waals surface area contributed by atoms with Crippen molar-refractivity contribution in [1.29, 1.82) is 0 Å². The second kappa shape index (κ2) is 13.3. The first kappa shape index (κ1) is 31.5. The third kappa shape index (κ3) is 7.70. The number of hydrogen-bond acceptors (Lipinski definition) is 9. The van der Waals surface area contributed by atoms with Crippen LogP contribution in [0.3, 0.4) is 0 Å². The second-order valence-corrected chi connectivity index (χ2v) is 12.9. The molecule has 1 amide bonds. The molecule has 11 nitrogen and oxygen atoms in total. The molecule has 3 aromatic carbocycles. The van der Waals surface area contributed by atoms with Crippen molar-refractivity contribution < 1.29 is 27.4 Å². The van der Waals surface area contributed by atoms with Crippen LogP contribution in [0.25, 0.3) is 0 Å². The zero-order valence-electron chi connectivity index (χ0n) is 24.8. The molecule has 4 rings (SSSR count). The van der Waals surface area contributed by atoms with E-state index in [4.69, 9.17) is 20.1 Å². The van der Waals surface area contributed by atoms with E-state index in [1.54, 1.807) is 57.2 Å². The number of fused-ring (bicyclic) bond motifs is 1. The number of hydrogen-bond donors (Lipinski definition) is 1. The molecule has 1 aliphatic rings. The summed E-state index contributed by atoms with van der Waals surface area (Å²) in [7, 11) is -2.76. The topological polar surface area (TPSA) is 136 Å². The summed E-state index contributed by atoms with van der Waals surface area (Å²) in [5.74, 6) is 6.58. The van der Waals surface area contributed by atoms with Crippen LogP contribution in [0.4, 0.5) is 10.5 Å². The number of sulfone groups is 1. The average molecular weight is 608 g/mol. The maximum absolute atomic E-state index is 14.0. The van der Waals surface area contributed by atoms with Crippen LogP contribution in [-0.2, 0) is 27.6 Å². The highest BCUT2D eigenvalue weighted by atomic mass is 32.2. The number of anilines is 1. The first-order valence-corrected chi connectivity index (χ1v) is 15.3. The van der Waals surface area contributed by atoms with E-state index in [9.17, 15) is 13.2 Å². The highest BCUT2D eigenvalue weighted by molar-refractivity contribution is 8.06. The van der Waals surface area contributed by atoms with Crippen molar-refractivity contribution in [1.82, 2.24) is 4.90 Å². The molecule has 0 bridgehead atoms. The number of ether oxygens (including phenoxy) is 3. The molecule has 0 saturated heterocycles. The van der Waals surface area contributed by atoms with Gasteiger partial charge in [0.2, 0.25) is 9.84 Å². The van der Waals surface area contributed by atoms with Gasteiger partial charge in [-0.05, 0) is 68.1 Å². The van der Waals surface area contributed by atoms with E-state index in [0.29, 0.717) is 35.8 Å². The fraction of sp³-hybridized carbons (Fsp3) is 0.323. The highest BCUT2D eigenvalue weighted by Crippen LogP contribution is 2.40. The van der Waals surface area contributed by atoms with E-state index in [-0.39, 0.29) is 6.54 Å². The Balaban J connectivity index is 1.74. The summed E-state index contributed by atoms with van der Waals surface area (Å²) in [5.41, 5.74) is 1.96. The Labute approximate surface area is 252 Å². The van der Waals surface area contributed by atoms with Crippen molar-refractivity contribution >= 4 is 33.5 Å². The second-order valence-electron chi connectivity index (χ2n) is 10.9. The molecular formula is C31H37N5O6S. The molecule has 0 aliphatic carbocycles. The standard InChI is InChI=1S/C31H37N5O6S/c1-31(2,3)42-30(37)35-17-16-23-18-28(41-20-22-12-8-6-9-13-22)27(40-5)19-25(23)26(35)21-43(38,39)29(34-33-4)36(32)24-14-10-7-11-15-24/h6-15,18-19,26H,4,16-17,20-21,32H2,1-3,5H3/b34-29+. The average Bonchev–Trinajstić information content (AvgIpc) is 2.98. The third-order valence-electron chi connectivity index (χ3n) is 6.70. The van der Waals surface area contributed by atoms with Gasteiger partial charge in [-0.2, -0.15) is 5.10 Å². The van der Waals surface area contributed by atoms with Gasteiger partial charge in [-0.25, -0.2) is 19.1 Å². The molecule has 1 heterocycles. The molecule has 3 aromatic rings. The smallest absolute Gasteiger partial charge is 0.410 e. The SMILES string of the molecule is C=N/N=C(\N(N)c1ccccc1)S(=O)(=O)CC1c2cc(OC)c(OCc3ccccc3)cc2CCN1C(=O)OC(C)(C)C. The van der Waals surface area contributed by atoms with Gasteiger partial charge in [-0.3, -0.25) is 9.91 Å². The number of nitrogens with two attached hydrogens (primary N) is 1. The summed E-state index contributed by atoms with van der Waals surface area (Å²) in [6.45, 7) is 9.11. The molecular weight excluding hydrogens is 570 g/mol. The maximum atomic E-state index is 14.0. The maximum Gasteiger partial charge on any atom is 0.410 e. The fourth-order valence-electron chi connectivity index (χ4n) is 4.74. The lowest BCUT2D eigenvalue weighted by Crippen LogP contribution is -2.48. The van der Waals surface area contributed by atoms with Gasteiger partial charge in [-0.15, -0.1) is 5.10 Å². The molecule has 0 radical (unpaired) electrons. The summed E-state index contributed by atoms with van der Waals surface area (Å²) in [6.07, 6.45) is -0.200. The predicted octanol–water partition coefficient (Wildman–Crippen LogP) is 4.88. The monoisotopic (exact) mass is 607 g/mol. The van der Waals surface area contributed by atoms with Crippen LogP contribution in [0.2, 0.25) is 0 Å². The molecule has 0 aromatic heterocycles. The van der Waals surface area contributed by atoms with Gasteiger partial charge in [-0.1, -0.05) is 48.5 Å². The van der Waals surface area contributed by atoms with Gasteiger partial charge < -0.3 is 14.2 Å². The van der Waals surface area contributed by atoms with Crippen LogP contribution in [0, 0.1) is 0 Å². The zero-order valence-corrected chi connectivity index (χ0v) is 25.6. The lowest BCUT2D eigenvalue weighted by molar-refractivity contribution is 0.0162. The Morgan fingerprint density at radius 3 is 2.33 bits per heavy atom. The van der Waals surface area contributed by atoms with Crippen molar-refractivity contribution in [2.45, 2.75) is 45.4 Å². The van der Waals surface area contributed by atoms with Crippen molar-refractivity contribution in [3.63, 3.8) is 0 Å². The van der Waals surface area contributed by atoms with E-state index < -0.39 is 38.5 Å². The van der Waals surface area contributed by atoms with E-state index in [1.807, 2.05) is 36.4 Å². The fourth-order valence-corrected chi connectivity index (χ4v) is 6.25. The summed E-state index contributed by atoms with van der Waals surface area (Å²) >= 11 is 0. The van der Waals surface area contributed by atoms with Gasteiger partial charge >= 0.3 is 6.09 Å². The number of rotatable bonds is 8. The molecule has 1 atom stereocenters. The van der Waals surface area contributed by atoms with E-state index in [2.05, 4.69) is 16.9 Å². The summed E-state index contributed by atoms with van der Waals surface area (Å²) < 4.78 is 45.4. The Hall–Kier alpha value is -4.42. The minimum absolute atomic E-state index is 0.212. The number of carbonyl (C=O) groups excluding carboxylic acids is 1. The number of nitrogens with zero attached hydrogens (tertiary/aromatic N) is 4. The first-order valence-electron chi connectivity index (χ1n) is 13.7. The van der Waals surface area contributed by atoms with E-state index in [1.165, 1.54) is 12.0 Å². The number of methoxy groups -OCH3 is 1. The summed E-state index contributed by atoms with van der Waals surface area (Å²) in [6, 6.07) is 20.8. The molecule has 43 heavy (non-hydrogen) atoms. The van der Waals surface area contributed by atoms with Crippen molar-refractivity contribution in [3.05, 3.63) is 89.5 Å². The van der Waals surface area contributed by atoms with E-state index in [0.717, 1.165) is 16.1 Å². The van der Waals surface area contributed by atoms with Gasteiger partial charge in [0.15, 0.2) is 11.5 Å². The third-order valence-corrected chi connectivity index (χ3v) is 8.29. The first-order chi connectivity index (χ1) is 20.4. The number of benzene rings is 3. The number of amides is 1. The van der Waals surface area contributed by atoms with Crippen LogP contribution >= 0.6 is 0 Å². The van der Waals surface area contributed by atoms with Crippen molar-refractivity contribution in [3.8, 4) is 11.5 Å². The van der Waals surface area contributed by atoms with Crippen LogP contribution < -0.4 is 20.3 Å². The van der Waals surface area contributed by atoms with Crippen LogP contribution in [0.1, 0.15) is 43.5 Å². The highest BCUT2D eigenvalue weighted by Gasteiger charge is 2.40.